The Morgan fingerprint density at radius 3 is 1.50 bits per heavy atom. The highest BCUT2D eigenvalue weighted by atomic mass is 16.5. The van der Waals surface area contributed by atoms with Crippen LogP contribution in [0.1, 0.15) is 131 Å². The predicted octanol–water partition coefficient (Wildman–Crippen LogP) is 8.14. The van der Waals surface area contributed by atoms with Gasteiger partial charge in [-0.3, -0.25) is 0 Å². The van der Waals surface area contributed by atoms with Crippen molar-refractivity contribution < 1.29 is 19.1 Å². The minimum atomic E-state index is -0.459. The van der Waals surface area contributed by atoms with Gasteiger partial charge in [0.1, 0.15) is 0 Å². The standard InChI is InChI=1S/C28H46O4/c1-4-5-6-7-8-9-10-11-12-13-14-15-18-22-31-27(29)25-19-16-17-20-26(25)28(30)32-23-21-24(2)3/h16-17,19-20,24H,4-15,18,21-23H2,1-3H3. The zero-order chi connectivity index (χ0) is 23.4. The molecule has 0 amide bonds. The van der Waals surface area contributed by atoms with Gasteiger partial charge in [-0.2, -0.15) is 0 Å². The lowest BCUT2D eigenvalue weighted by molar-refractivity contribution is 0.0445. The molecule has 0 N–H and O–H groups in total. The third-order valence-electron chi connectivity index (χ3n) is 5.78. The molecule has 4 nitrogen and oxygen atoms in total. The molecule has 0 saturated heterocycles. The first-order valence-electron chi connectivity index (χ1n) is 13.0. The SMILES string of the molecule is CCCCCCCCCCCCCCCOC(=O)c1ccccc1C(=O)OCCC(C)C. The summed E-state index contributed by atoms with van der Waals surface area (Å²) in [4.78, 5) is 24.8. The smallest absolute Gasteiger partial charge is 0.339 e. The van der Waals surface area contributed by atoms with Gasteiger partial charge < -0.3 is 9.47 Å². The molecule has 1 rings (SSSR count). The van der Waals surface area contributed by atoms with E-state index in [1.165, 1.54) is 70.6 Å². The third kappa shape index (κ3) is 13.5. The van der Waals surface area contributed by atoms with E-state index in [0.29, 0.717) is 19.1 Å². The van der Waals surface area contributed by atoms with Crippen LogP contribution in [0.5, 0.6) is 0 Å². The summed E-state index contributed by atoms with van der Waals surface area (Å²) in [5.41, 5.74) is 0.573. The van der Waals surface area contributed by atoms with Crippen LogP contribution in [0.2, 0.25) is 0 Å². The highest BCUT2D eigenvalue weighted by Crippen LogP contribution is 2.15. The molecule has 0 unspecified atom stereocenters. The van der Waals surface area contributed by atoms with E-state index < -0.39 is 11.9 Å². The van der Waals surface area contributed by atoms with E-state index in [1.54, 1.807) is 24.3 Å². The maximum absolute atomic E-state index is 12.4. The minimum Gasteiger partial charge on any atom is -0.462 e. The fraction of sp³-hybridized carbons (Fsp3) is 0.714. The number of unbranched alkanes of at least 4 members (excludes halogenated alkanes) is 12. The normalized spacial score (nSPS) is 11.0. The molecule has 0 aromatic heterocycles. The zero-order valence-electron chi connectivity index (χ0n) is 20.8. The molecular weight excluding hydrogens is 400 g/mol. The summed E-state index contributed by atoms with van der Waals surface area (Å²) >= 11 is 0. The summed E-state index contributed by atoms with van der Waals surface area (Å²) in [5, 5.41) is 0. The first-order valence-corrected chi connectivity index (χ1v) is 13.0. The van der Waals surface area contributed by atoms with Crippen molar-refractivity contribution in [2.75, 3.05) is 13.2 Å². The average molecular weight is 447 g/mol. The lowest BCUT2D eigenvalue weighted by Gasteiger charge is -2.10. The van der Waals surface area contributed by atoms with Gasteiger partial charge in [0.25, 0.3) is 0 Å². The van der Waals surface area contributed by atoms with Crippen LogP contribution in [0.4, 0.5) is 0 Å². The molecule has 1 aromatic carbocycles. The van der Waals surface area contributed by atoms with Gasteiger partial charge in [-0.15, -0.1) is 0 Å². The molecule has 0 atom stereocenters. The molecule has 0 radical (unpaired) electrons. The maximum Gasteiger partial charge on any atom is 0.339 e. The van der Waals surface area contributed by atoms with Crippen LogP contribution in [0.15, 0.2) is 24.3 Å². The largest absolute Gasteiger partial charge is 0.462 e. The van der Waals surface area contributed by atoms with E-state index >= 15 is 0 Å². The van der Waals surface area contributed by atoms with E-state index in [9.17, 15) is 9.59 Å². The number of esters is 2. The topological polar surface area (TPSA) is 52.6 Å². The lowest BCUT2D eigenvalue weighted by atomic mass is 10.0. The van der Waals surface area contributed by atoms with Crippen molar-refractivity contribution in [1.29, 1.82) is 0 Å². The first kappa shape index (κ1) is 28.2. The maximum atomic E-state index is 12.4. The van der Waals surface area contributed by atoms with Gasteiger partial charge in [0, 0.05) is 0 Å². The van der Waals surface area contributed by atoms with Crippen molar-refractivity contribution in [3.05, 3.63) is 35.4 Å². The molecule has 4 heteroatoms. The summed E-state index contributed by atoms with van der Waals surface area (Å²) in [5.74, 6) is -0.442. The second kappa shape index (κ2) is 18.7. The van der Waals surface area contributed by atoms with Gasteiger partial charge >= 0.3 is 11.9 Å². The molecule has 0 heterocycles. The number of rotatable bonds is 19. The van der Waals surface area contributed by atoms with Gasteiger partial charge in [-0.05, 0) is 30.9 Å². The van der Waals surface area contributed by atoms with Crippen molar-refractivity contribution in [3.63, 3.8) is 0 Å². The van der Waals surface area contributed by atoms with Crippen LogP contribution in [-0.2, 0) is 9.47 Å². The zero-order valence-corrected chi connectivity index (χ0v) is 20.8. The molecule has 1 aromatic rings. The highest BCUT2D eigenvalue weighted by Gasteiger charge is 2.18. The van der Waals surface area contributed by atoms with Crippen molar-refractivity contribution in [2.45, 2.75) is 111 Å². The number of carbonyl (C=O) groups excluding carboxylic acids is 2. The van der Waals surface area contributed by atoms with Crippen LogP contribution < -0.4 is 0 Å². The van der Waals surface area contributed by atoms with E-state index in [4.69, 9.17) is 9.47 Å². The van der Waals surface area contributed by atoms with Gasteiger partial charge in [0.2, 0.25) is 0 Å². The Labute approximate surface area is 196 Å². The Hall–Kier alpha value is -1.84. The summed E-state index contributed by atoms with van der Waals surface area (Å²) in [6.07, 6.45) is 17.5. The van der Waals surface area contributed by atoms with E-state index in [2.05, 4.69) is 20.8 Å². The molecular formula is C28H46O4. The van der Waals surface area contributed by atoms with Crippen LogP contribution in [0.25, 0.3) is 0 Å². The van der Waals surface area contributed by atoms with Crippen LogP contribution in [0, 0.1) is 5.92 Å². The molecule has 0 fully saturated rings. The first-order chi connectivity index (χ1) is 15.6. The molecule has 0 bridgehead atoms. The van der Waals surface area contributed by atoms with Crippen LogP contribution >= 0.6 is 0 Å². The monoisotopic (exact) mass is 446 g/mol. The molecule has 0 aliphatic carbocycles. The van der Waals surface area contributed by atoms with Crippen LogP contribution in [-0.4, -0.2) is 25.2 Å². The van der Waals surface area contributed by atoms with Gasteiger partial charge in [0.05, 0.1) is 24.3 Å². The second-order valence-corrected chi connectivity index (χ2v) is 9.24. The van der Waals surface area contributed by atoms with Gasteiger partial charge in [0.15, 0.2) is 0 Å². The van der Waals surface area contributed by atoms with Gasteiger partial charge in [-0.1, -0.05) is 110 Å². The van der Waals surface area contributed by atoms with E-state index in [1.807, 2.05) is 0 Å². The van der Waals surface area contributed by atoms with Crippen LogP contribution in [0.3, 0.4) is 0 Å². The number of ether oxygens (including phenoxy) is 2. The molecule has 32 heavy (non-hydrogen) atoms. The number of hydrogen-bond donors (Lipinski definition) is 0. The van der Waals surface area contributed by atoms with Crippen molar-refractivity contribution >= 4 is 11.9 Å². The molecule has 0 aliphatic rings. The lowest BCUT2D eigenvalue weighted by Crippen LogP contribution is -2.15. The molecule has 0 aliphatic heterocycles. The molecule has 0 spiro atoms. The number of benzene rings is 1. The summed E-state index contributed by atoms with van der Waals surface area (Å²) in [6.45, 7) is 7.18. The van der Waals surface area contributed by atoms with Crippen molar-refractivity contribution in [2.24, 2.45) is 5.92 Å². The number of hydrogen-bond acceptors (Lipinski definition) is 4. The summed E-state index contributed by atoms with van der Waals surface area (Å²) < 4.78 is 10.7. The van der Waals surface area contributed by atoms with Crippen molar-refractivity contribution in [3.8, 4) is 0 Å². The highest BCUT2D eigenvalue weighted by molar-refractivity contribution is 6.03. The predicted molar refractivity (Wildman–Crippen MR) is 132 cm³/mol. The average Bonchev–Trinajstić information content (AvgIpc) is 2.78. The Balaban J connectivity index is 2.13. The third-order valence-corrected chi connectivity index (χ3v) is 5.78. The van der Waals surface area contributed by atoms with Gasteiger partial charge in [-0.25, -0.2) is 9.59 Å². The summed E-state index contributed by atoms with van der Waals surface area (Å²) in [6, 6.07) is 6.74. The Kier molecular flexibility index (Phi) is 16.5. The second-order valence-electron chi connectivity index (χ2n) is 9.24. The number of carbonyl (C=O) groups is 2. The quantitative estimate of drug-likeness (QED) is 0.159. The summed E-state index contributed by atoms with van der Waals surface area (Å²) in [7, 11) is 0. The Morgan fingerprint density at radius 1 is 0.656 bits per heavy atom. The molecule has 182 valence electrons. The minimum absolute atomic E-state index is 0.284. The van der Waals surface area contributed by atoms with E-state index in [0.717, 1.165) is 19.3 Å². The van der Waals surface area contributed by atoms with Crippen molar-refractivity contribution in [1.82, 2.24) is 0 Å². The Bertz CT molecular complexity index is 624. The molecule has 0 saturated carbocycles. The van der Waals surface area contributed by atoms with E-state index in [-0.39, 0.29) is 11.1 Å². The Morgan fingerprint density at radius 2 is 1.06 bits per heavy atom. The fourth-order valence-corrected chi connectivity index (χ4v) is 3.67. The fourth-order valence-electron chi connectivity index (χ4n) is 3.67.